The molecule has 0 unspecified atom stereocenters. The lowest BCUT2D eigenvalue weighted by atomic mass is 9.79. The van der Waals surface area contributed by atoms with E-state index in [4.69, 9.17) is 9.97 Å². The first-order valence-electron chi connectivity index (χ1n) is 16.2. The van der Waals surface area contributed by atoms with Crippen LogP contribution in [0.25, 0.3) is 11.2 Å². The zero-order valence-corrected chi connectivity index (χ0v) is 24.6. The number of rotatable bonds is 12. The number of piperidine rings is 2. The smallest absolute Gasteiger partial charge is 0.229 e. The standard InChI is InChI=1S/C32H49N9/c1-2-5-28(6-3-1)35-16-4-15-34-21-24-7-9-25(10-8-24)22-36-30-29-31(38-23-37-29)40-32(39-30)41-19-13-27(14-20-41)26-11-17-33-18-12-26/h7-10,23,26-28,33-35H,1-6,11-22H2,(H2,36,37,38,39,40). The molecule has 0 atom stereocenters. The third-order valence-corrected chi connectivity index (χ3v) is 9.53. The van der Waals surface area contributed by atoms with E-state index in [1.807, 2.05) is 0 Å². The van der Waals surface area contributed by atoms with E-state index in [9.17, 15) is 0 Å². The van der Waals surface area contributed by atoms with Crippen LogP contribution in [0.2, 0.25) is 0 Å². The van der Waals surface area contributed by atoms with Crippen molar-refractivity contribution in [3.05, 3.63) is 41.7 Å². The number of hydrogen-bond acceptors (Lipinski definition) is 8. The highest BCUT2D eigenvalue weighted by atomic mass is 15.3. The van der Waals surface area contributed by atoms with Crippen LogP contribution in [0, 0.1) is 11.8 Å². The van der Waals surface area contributed by atoms with Crippen LogP contribution in [0.1, 0.15) is 75.3 Å². The molecule has 3 aromatic rings. The molecule has 9 heteroatoms. The molecule has 1 saturated carbocycles. The van der Waals surface area contributed by atoms with Crippen molar-refractivity contribution in [1.29, 1.82) is 0 Å². The van der Waals surface area contributed by atoms with Crippen LogP contribution in [0.15, 0.2) is 30.6 Å². The molecule has 3 fully saturated rings. The molecule has 41 heavy (non-hydrogen) atoms. The summed E-state index contributed by atoms with van der Waals surface area (Å²) in [6.45, 7) is 8.20. The van der Waals surface area contributed by atoms with Gasteiger partial charge in [-0.3, -0.25) is 0 Å². The molecule has 3 aliphatic rings. The van der Waals surface area contributed by atoms with Crippen molar-refractivity contribution in [2.24, 2.45) is 11.8 Å². The fourth-order valence-electron chi connectivity index (χ4n) is 7.00. The normalized spacial score (nSPS) is 19.7. The molecule has 2 aromatic heterocycles. The summed E-state index contributed by atoms with van der Waals surface area (Å²) in [5.74, 6) is 3.34. The quantitative estimate of drug-likeness (QED) is 0.205. The van der Waals surface area contributed by atoms with Crippen molar-refractivity contribution in [2.45, 2.75) is 83.3 Å². The Kier molecular flexibility index (Phi) is 9.98. The number of H-pyrrole nitrogens is 1. The maximum Gasteiger partial charge on any atom is 0.229 e. The first kappa shape index (κ1) is 28.4. The molecule has 0 amide bonds. The molecule has 6 rings (SSSR count). The van der Waals surface area contributed by atoms with Gasteiger partial charge < -0.3 is 31.2 Å². The molecule has 2 aliphatic heterocycles. The predicted octanol–water partition coefficient (Wildman–Crippen LogP) is 4.58. The van der Waals surface area contributed by atoms with Gasteiger partial charge in [-0.2, -0.15) is 9.97 Å². The number of aromatic amines is 1. The average molecular weight is 560 g/mol. The monoisotopic (exact) mass is 559 g/mol. The van der Waals surface area contributed by atoms with E-state index in [-0.39, 0.29) is 0 Å². The fourth-order valence-corrected chi connectivity index (χ4v) is 7.00. The van der Waals surface area contributed by atoms with E-state index in [1.165, 1.54) is 88.4 Å². The predicted molar refractivity (Wildman–Crippen MR) is 167 cm³/mol. The summed E-state index contributed by atoms with van der Waals surface area (Å²) in [4.78, 5) is 19.8. The number of aromatic nitrogens is 4. The number of imidazole rings is 1. The lowest BCUT2D eigenvalue weighted by Crippen LogP contribution is -2.40. The highest BCUT2D eigenvalue weighted by Crippen LogP contribution is 2.32. The number of benzene rings is 1. The zero-order valence-electron chi connectivity index (χ0n) is 24.6. The summed E-state index contributed by atoms with van der Waals surface area (Å²) in [5.41, 5.74) is 4.16. The lowest BCUT2D eigenvalue weighted by molar-refractivity contribution is 0.221. The summed E-state index contributed by atoms with van der Waals surface area (Å²) < 4.78 is 0. The fraction of sp³-hybridized carbons (Fsp3) is 0.656. The maximum absolute atomic E-state index is 4.97. The van der Waals surface area contributed by atoms with E-state index in [0.29, 0.717) is 6.54 Å². The van der Waals surface area contributed by atoms with Crippen LogP contribution in [0.5, 0.6) is 0 Å². The molecule has 222 valence electrons. The second kappa shape index (κ2) is 14.4. The van der Waals surface area contributed by atoms with Crippen LogP contribution in [0.4, 0.5) is 11.8 Å². The van der Waals surface area contributed by atoms with Crippen LogP contribution in [0.3, 0.4) is 0 Å². The summed E-state index contributed by atoms with van der Waals surface area (Å²) in [6, 6.07) is 9.64. The maximum atomic E-state index is 4.97. The van der Waals surface area contributed by atoms with Gasteiger partial charge in [0.25, 0.3) is 0 Å². The molecule has 0 radical (unpaired) electrons. The second-order valence-corrected chi connectivity index (χ2v) is 12.4. The van der Waals surface area contributed by atoms with Gasteiger partial charge in [-0.15, -0.1) is 0 Å². The molecule has 0 spiro atoms. The van der Waals surface area contributed by atoms with Gasteiger partial charge in [0, 0.05) is 32.2 Å². The Labute approximate surface area is 245 Å². The van der Waals surface area contributed by atoms with Gasteiger partial charge in [0.05, 0.1) is 6.33 Å². The van der Waals surface area contributed by atoms with E-state index < -0.39 is 0 Å². The Hall–Kier alpha value is -2.75. The van der Waals surface area contributed by atoms with Crippen LogP contribution in [-0.4, -0.2) is 65.2 Å². The van der Waals surface area contributed by atoms with E-state index in [0.717, 1.165) is 73.5 Å². The minimum Gasteiger partial charge on any atom is -0.364 e. The van der Waals surface area contributed by atoms with Crippen LogP contribution >= 0.6 is 0 Å². The molecule has 4 heterocycles. The average Bonchev–Trinajstić information content (AvgIpc) is 3.52. The summed E-state index contributed by atoms with van der Waals surface area (Å²) >= 11 is 0. The number of nitrogens with one attached hydrogen (secondary N) is 5. The second-order valence-electron chi connectivity index (χ2n) is 12.4. The van der Waals surface area contributed by atoms with Crippen molar-refractivity contribution < 1.29 is 0 Å². The van der Waals surface area contributed by atoms with Gasteiger partial charge in [0.1, 0.15) is 5.52 Å². The molecular weight excluding hydrogens is 510 g/mol. The van der Waals surface area contributed by atoms with E-state index in [1.54, 1.807) is 6.33 Å². The first-order chi connectivity index (χ1) is 20.3. The summed E-state index contributed by atoms with van der Waals surface area (Å²) in [7, 11) is 0. The Morgan fingerprint density at radius 2 is 1.54 bits per heavy atom. The highest BCUT2D eigenvalue weighted by molar-refractivity contribution is 5.83. The van der Waals surface area contributed by atoms with Gasteiger partial charge in [-0.25, -0.2) is 4.98 Å². The van der Waals surface area contributed by atoms with Gasteiger partial charge >= 0.3 is 0 Å². The number of nitrogens with zero attached hydrogens (tertiary/aromatic N) is 4. The van der Waals surface area contributed by atoms with Crippen molar-refractivity contribution in [1.82, 2.24) is 35.9 Å². The number of fused-ring (bicyclic) bond motifs is 1. The van der Waals surface area contributed by atoms with Gasteiger partial charge in [0.15, 0.2) is 11.5 Å². The molecule has 0 bridgehead atoms. The lowest BCUT2D eigenvalue weighted by Gasteiger charge is -2.37. The Morgan fingerprint density at radius 1 is 0.805 bits per heavy atom. The molecule has 1 aromatic carbocycles. The zero-order chi connectivity index (χ0) is 27.7. The summed E-state index contributed by atoms with van der Waals surface area (Å²) in [5, 5.41) is 14.4. The number of hydrogen-bond donors (Lipinski definition) is 5. The third kappa shape index (κ3) is 7.76. The Balaban J connectivity index is 0.966. The molecular formula is C32H49N9. The van der Waals surface area contributed by atoms with Crippen molar-refractivity contribution in [2.75, 3.05) is 49.5 Å². The minimum absolute atomic E-state index is 0.711. The molecule has 1 aliphatic carbocycles. The van der Waals surface area contributed by atoms with E-state index in [2.05, 4.69) is 60.4 Å². The van der Waals surface area contributed by atoms with Gasteiger partial charge in [-0.05, 0) is 94.1 Å². The van der Waals surface area contributed by atoms with Crippen molar-refractivity contribution >= 4 is 22.9 Å². The minimum atomic E-state index is 0.711. The largest absolute Gasteiger partial charge is 0.364 e. The topological polar surface area (TPSA) is 106 Å². The van der Waals surface area contributed by atoms with Crippen molar-refractivity contribution in [3.8, 4) is 0 Å². The number of anilines is 2. The third-order valence-electron chi connectivity index (χ3n) is 9.53. The van der Waals surface area contributed by atoms with Crippen LogP contribution < -0.4 is 26.2 Å². The molecule has 2 saturated heterocycles. The summed E-state index contributed by atoms with van der Waals surface area (Å²) in [6.07, 6.45) is 14.9. The van der Waals surface area contributed by atoms with E-state index >= 15 is 0 Å². The Bertz CT molecular complexity index is 1190. The SMILES string of the molecule is c1nc2nc(N3CCC(C4CCNCC4)CC3)nc(NCc3ccc(CNCCCNC4CCCCC4)cc3)c2[nH]1. The van der Waals surface area contributed by atoms with Gasteiger partial charge in [-0.1, -0.05) is 43.5 Å². The highest BCUT2D eigenvalue weighted by Gasteiger charge is 2.29. The van der Waals surface area contributed by atoms with Crippen molar-refractivity contribution in [3.63, 3.8) is 0 Å². The molecule has 9 nitrogen and oxygen atoms in total. The molecule has 5 N–H and O–H groups in total. The Morgan fingerprint density at radius 3 is 2.32 bits per heavy atom. The first-order valence-corrected chi connectivity index (χ1v) is 16.2. The van der Waals surface area contributed by atoms with Crippen LogP contribution in [-0.2, 0) is 13.1 Å². The van der Waals surface area contributed by atoms with Gasteiger partial charge in [0.2, 0.25) is 5.95 Å².